The summed E-state index contributed by atoms with van der Waals surface area (Å²) in [6.45, 7) is 0.0163. The molecule has 4 nitrogen and oxygen atoms in total. The van der Waals surface area contributed by atoms with Crippen LogP contribution in [0.5, 0.6) is 0 Å². The number of carbonyl (C=O) groups excluding carboxylic acids is 1. The molecule has 0 fully saturated rings. The molecule has 0 saturated carbocycles. The number of nitrogens with zero attached hydrogens (tertiary/aromatic N) is 1. The van der Waals surface area contributed by atoms with Gasteiger partial charge in [0.05, 0.1) is 5.69 Å². The van der Waals surface area contributed by atoms with Gasteiger partial charge in [-0.1, -0.05) is 18.2 Å². The van der Waals surface area contributed by atoms with E-state index in [2.05, 4.69) is 5.32 Å². The second kappa shape index (κ2) is 6.24. The molecule has 0 bridgehead atoms. The molecule has 0 aliphatic heterocycles. The number of para-hydroxylation sites is 1. The van der Waals surface area contributed by atoms with Crippen molar-refractivity contribution in [3.05, 3.63) is 59.0 Å². The Morgan fingerprint density at radius 3 is 2.68 bits per heavy atom. The highest BCUT2D eigenvalue weighted by Crippen LogP contribution is 2.24. The zero-order valence-corrected chi connectivity index (χ0v) is 11.3. The van der Waals surface area contributed by atoms with Crippen LogP contribution < -0.4 is 10.9 Å². The highest BCUT2D eigenvalue weighted by Gasteiger charge is 2.07. The molecule has 0 radical (unpaired) electrons. The van der Waals surface area contributed by atoms with Gasteiger partial charge in [0.1, 0.15) is 6.54 Å². The van der Waals surface area contributed by atoms with Crippen LogP contribution in [0, 0.1) is 0 Å². The number of hydrogen-bond donors (Lipinski definition) is 1. The van der Waals surface area contributed by atoms with Gasteiger partial charge in [-0.3, -0.25) is 9.59 Å². The molecule has 0 saturated heterocycles. The molecule has 5 heteroatoms. The molecule has 1 aromatic heterocycles. The average Bonchev–Trinajstić information content (AvgIpc) is 2.42. The SMILES string of the molecule is CSc1ccccc1NC(=O)Cn1ccccc1=O. The number of aromatic nitrogens is 1. The number of rotatable bonds is 4. The lowest BCUT2D eigenvalue weighted by atomic mass is 10.3. The minimum Gasteiger partial charge on any atom is -0.324 e. The highest BCUT2D eigenvalue weighted by atomic mass is 32.2. The van der Waals surface area contributed by atoms with Gasteiger partial charge < -0.3 is 9.88 Å². The van der Waals surface area contributed by atoms with E-state index in [1.54, 1.807) is 30.1 Å². The van der Waals surface area contributed by atoms with Crippen LogP contribution in [0.3, 0.4) is 0 Å². The fourth-order valence-corrected chi connectivity index (χ4v) is 2.24. The number of benzene rings is 1. The number of pyridine rings is 1. The molecule has 0 unspecified atom stereocenters. The predicted molar refractivity (Wildman–Crippen MR) is 77.6 cm³/mol. The average molecular weight is 274 g/mol. The topological polar surface area (TPSA) is 51.1 Å². The van der Waals surface area contributed by atoms with Gasteiger partial charge >= 0.3 is 0 Å². The summed E-state index contributed by atoms with van der Waals surface area (Å²) in [6.07, 6.45) is 3.55. The van der Waals surface area contributed by atoms with Crippen molar-refractivity contribution in [2.45, 2.75) is 11.4 Å². The third-order valence-electron chi connectivity index (χ3n) is 2.59. The van der Waals surface area contributed by atoms with E-state index in [9.17, 15) is 9.59 Å². The first kappa shape index (κ1) is 13.4. The molecule has 0 atom stereocenters. The largest absolute Gasteiger partial charge is 0.324 e. The van der Waals surface area contributed by atoms with E-state index in [0.717, 1.165) is 10.6 Å². The van der Waals surface area contributed by atoms with E-state index < -0.39 is 0 Å². The Hall–Kier alpha value is -2.01. The highest BCUT2D eigenvalue weighted by molar-refractivity contribution is 7.98. The molecule has 1 N–H and O–H groups in total. The van der Waals surface area contributed by atoms with Gasteiger partial charge in [0.2, 0.25) is 5.91 Å². The molecule has 2 aromatic rings. The Morgan fingerprint density at radius 2 is 1.95 bits per heavy atom. The molecular weight excluding hydrogens is 260 g/mol. The normalized spacial score (nSPS) is 10.2. The van der Waals surface area contributed by atoms with Crippen LogP contribution in [-0.4, -0.2) is 16.7 Å². The van der Waals surface area contributed by atoms with E-state index in [-0.39, 0.29) is 18.0 Å². The Bertz CT molecular complexity index is 637. The van der Waals surface area contributed by atoms with Gasteiger partial charge in [0, 0.05) is 17.2 Å². The van der Waals surface area contributed by atoms with Crippen LogP contribution in [0.1, 0.15) is 0 Å². The van der Waals surface area contributed by atoms with Gasteiger partial charge in [-0.15, -0.1) is 11.8 Å². The Morgan fingerprint density at radius 1 is 1.21 bits per heavy atom. The number of carbonyl (C=O) groups is 1. The second-order valence-electron chi connectivity index (χ2n) is 3.92. The summed E-state index contributed by atoms with van der Waals surface area (Å²) in [5, 5.41) is 2.82. The molecular formula is C14H14N2O2S. The lowest BCUT2D eigenvalue weighted by Crippen LogP contribution is -2.26. The minimum absolute atomic E-state index is 0.0163. The Balaban J connectivity index is 2.10. The zero-order chi connectivity index (χ0) is 13.7. The predicted octanol–water partition coefficient (Wildman–Crippen LogP) is 2.21. The number of anilines is 1. The summed E-state index contributed by atoms with van der Waals surface area (Å²) in [7, 11) is 0. The smallest absolute Gasteiger partial charge is 0.250 e. The van der Waals surface area contributed by atoms with E-state index in [1.165, 1.54) is 10.6 Å². The van der Waals surface area contributed by atoms with Crippen molar-refractivity contribution >= 4 is 23.4 Å². The Labute approximate surface area is 115 Å². The monoisotopic (exact) mass is 274 g/mol. The fourth-order valence-electron chi connectivity index (χ4n) is 1.68. The van der Waals surface area contributed by atoms with E-state index in [4.69, 9.17) is 0 Å². The third-order valence-corrected chi connectivity index (χ3v) is 3.39. The quantitative estimate of drug-likeness (QED) is 0.870. The van der Waals surface area contributed by atoms with Crippen molar-refractivity contribution in [3.8, 4) is 0 Å². The molecule has 1 amide bonds. The lowest BCUT2D eigenvalue weighted by molar-refractivity contribution is -0.116. The van der Waals surface area contributed by atoms with Gasteiger partial charge in [0.15, 0.2) is 0 Å². The summed E-state index contributed by atoms with van der Waals surface area (Å²) < 4.78 is 1.37. The molecule has 19 heavy (non-hydrogen) atoms. The van der Waals surface area contributed by atoms with Crippen molar-refractivity contribution in [2.75, 3.05) is 11.6 Å². The number of thioether (sulfide) groups is 1. The van der Waals surface area contributed by atoms with Crippen molar-refractivity contribution in [2.24, 2.45) is 0 Å². The summed E-state index contributed by atoms with van der Waals surface area (Å²) in [5.41, 5.74) is 0.583. The molecule has 0 aliphatic rings. The number of hydrogen-bond acceptors (Lipinski definition) is 3. The molecule has 1 aromatic carbocycles. The number of nitrogens with one attached hydrogen (secondary N) is 1. The van der Waals surface area contributed by atoms with Crippen molar-refractivity contribution < 1.29 is 4.79 Å². The van der Waals surface area contributed by atoms with Crippen LogP contribution >= 0.6 is 11.8 Å². The standard InChI is InChI=1S/C14H14N2O2S/c1-19-12-7-3-2-6-11(12)15-13(17)10-16-9-5-4-8-14(16)18/h2-9H,10H2,1H3,(H,15,17). The van der Waals surface area contributed by atoms with Crippen molar-refractivity contribution in [3.63, 3.8) is 0 Å². The summed E-state index contributed by atoms with van der Waals surface area (Å²) in [4.78, 5) is 24.4. The molecule has 0 aliphatic carbocycles. The first-order chi connectivity index (χ1) is 9.20. The zero-order valence-electron chi connectivity index (χ0n) is 10.5. The second-order valence-corrected chi connectivity index (χ2v) is 4.76. The van der Waals surface area contributed by atoms with Crippen LogP contribution in [0.2, 0.25) is 0 Å². The molecule has 98 valence electrons. The summed E-state index contributed by atoms with van der Waals surface area (Å²) >= 11 is 1.56. The van der Waals surface area contributed by atoms with Crippen molar-refractivity contribution in [1.29, 1.82) is 0 Å². The maximum Gasteiger partial charge on any atom is 0.250 e. The van der Waals surface area contributed by atoms with Gasteiger partial charge in [0.25, 0.3) is 5.56 Å². The van der Waals surface area contributed by atoms with Gasteiger partial charge in [-0.2, -0.15) is 0 Å². The van der Waals surface area contributed by atoms with E-state index in [0.29, 0.717) is 0 Å². The minimum atomic E-state index is -0.213. The van der Waals surface area contributed by atoms with Crippen LogP contribution in [0.25, 0.3) is 0 Å². The first-order valence-electron chi connectivity index (χ1n) is 5.79. The fraction of sp³-hybridized carbons (Fsp3) is 0.143. The maximum atomic E-state index is 11.9. The summed E-state index contributed by atoms with van der Waals surface area (Å²) in [5.74, 6) is -0.213. The van der Waals surface area contributed by atoms with E-state index in [1.807, 2.05) is 30.5 Å². The van der Waals surface area contributed by atoms with Crippen LogP contribution in [-0.2, 0) is 11.3 Å². The van der Waals surface area contributed by atoms with Crippen LogP contribution in [0.15, 0.2) is 58.4 Å². The van der Waals surface area contributed by atoms with Crippen molar-refractivity contribution in [1.82, 2.24) is 4.57 Å². The molecule has 2 rings (SSSR count). The first-order valence-corrected chi connectivity index (χ1v) is 7.01. The van der Waals surface area contributed by atoms with E-state index >= 15 is 0 Å². The third kappa shape index (κ3) is 3.48. The Kier molecular flexibility index (Phi) is 4.41. The van der Waals surface area contributed by atoms with Crippen LogP contribution in [0.4, 0.5) is 5.69 Å². The maximum absolute atomic E-state index is 11.9. The number of amides is 1. The lowest BCUT2D eigenvalue weighted by Gasteiger charge is -2.10. The summed E-state index contributed by atoms with van der Waals surface area (Å²) in [6, 6.07) is 12.4. The molecule has 1 heterocycles. The van der Waals surface area contributed by atoms with Gasteiger partial charge in [-0.05, 0) is 24.5 Å². The van der Waals surface area contributed by atoms with Gasteiger partial charge in [-0.25, -0.2) is 0 Å². The molecule has 0 spiro atoms.